The van der Waals surface area contributed by atoms with Crippen LogP contribution in [0.15, 0.2) is 48.7 Å². The Labute approximate surface area is 150 Å². The van der Waals surface area contributed by atoms with E-state index in [2.05, 4.69) is 15.5 Å². The molecule has 3 aromatic rings. The van der Waals surface area contributed by atoms with E-state index in [1.54, 1.807) is 17.0 Å². The van der Waals surface area contributed by atoms with Crippen molar-refractivity contribution in [3.05, 3.63) is 60.0 Å². The summed E-state index contributed by atoms with van der Waals surface area (Å²) in [7, 11) is 0. The van der Waals surface area contributed by atoms with Crippen molar-refractivity contribution < 1.29 is 9.59 Å². The molecule has 1 N–H and O–H groups in total. The number of nitrogens with zero attached hydrogens (tertiary/aromatic N) is 4. The molecule has 0 spiro atoms. The number of benzene rings is 1. The molecular formula is C19H19N5O2. The highest BCUT2D eigenvalue weighted by Crippen LogP contribution is 2.22. The normalized spacial score (nSPS) is 15.4. The molecule has 7 nitrogen and oxygen atoms in total. The highest BCUT2D eigenvalue weighted by Gasteiger charge is 2.22. The molecule has 132 valence electrons. The van der Waals surface area contributed by atoms with Crippen LogP contribution in [-0.4, -0.2) is 33.0 Å². The fourth-order valence-electron chi connectivity index (χ4n) is 3.21. The van der Waals surface area contributed by atoms with Gasteiger partial charge in [-0.25, -0.2) is 0 Å². The van der Waals surface area contributed by atoms with E-state index < -0.39 is 0 Å². The summed E-state index contributed by atoms with van der Waals surface area (Å²) in [6.45, 7) is 2.61. The van der Waals surface area contributed by atoms with Gasteiger partial charge < -0.3 is 10.2 Å². The molecule has 3 heterocycles. The maximum Gasteiger partial charge on any atom is 0.251 e. The Bertz CT molecular complexity index is 963. The molecule has 1 fully saturated rings. The average molecular weight is 349 g/mol. The van der Waals surface area contributed by atoms with Gasteiger partial charge in [0.1, 0.15) is 0 Å². The van der Waals surface area contributed by atoms with E-state index in [0.717, 1.165) is 24.3 Å². The predicted molar refractivity (Wildman–Crippen MR) is 96.9 cm³/mol. The smallest absolute Gasteiger partial charge is 0.251 e. The molecule has 1 atom stereocenters. The van der Waals surface area contributed by atoms with Crippen LogP contribution in [0.2, 0.25) is 0 Å². The van der Waals surface area contributed by atoms with Crippen LogP contribution in [0.3, 0.4) is 0 Å². The molecule has 0 aliphatic carbocycles. The molecule has 4 rings (SSSR count). The Hall–Kier alpha value is -3.22. The zero-order valence-electron chi connectivity index (χ0n) is 14.4. The molecular weight excluding hydrogens is 330 g/mol. The molecule has 7 heteroatoms. The van der Waals surface area contributed by atoms with Crippen molar-refractivity contribution in [2.24, 2.45) is 0 Å². The van der Waals surface area contributed by atoms with Gasteiger partial charge in [-0.3, -0.25) is 14.0 Å². The fourth-order valence-corrected chi connectivity index (χ4v) is 3.21. The van der Waals surface area contributed by atoms with Gasteiger partial charge in [-0.05, 0) is 49.7 Å². The van der Waals surface area contributed by atoms with Gasteiger partial charge >= 0.3 is 0 Å². The van der Waals surface area contributed by atoms with Crippen LogP contribution in [0.25, 0.3) is 5.65 Å². The summed E-state index contributed by atoms with van der Waals surface area (Å²) in [6, 6.07) is 12.5. The van der Waals surface area contributed by atoms with E-state index in [4.69, 9.17) is 0 Å². The fraction of sp³-hybridized carbons (Fsp3) is 0.263. The van der Waals surface area contributed by atoms with Gasteiger partial charge in [0.05, 0.1) is 6.04 Å². The third kappa shape index (κ3) is 2.92. The quantitative estimate of drug-likeness (QED) is 0.784. The van der Waals surface area contributed by atoms with E-state index >= 15 is 0 Å². The maximum atomic E-state index is 12.5. The lowest BCUT2D eigenvalue weighted by molar-refractivity contribution is -0.117. The summed E-state index contributed by atoms with van der Waals surface area (Å²) in [5, 5.41) is 11.2. The summed E-state index contributed by atoms with van der Waals surface area (Å²) < 4.78 is 1.85. The van der Waals surface area contributed by atoms with E-state index in [9.17, 15) is 9.59 Å². The molecule has 0 saturated carbocycles. The van der Waals surface area contributed by atoms with E-state index in [-0.39, 0.29) is 17.9 Å². The van der Waals surface area contributed by atoms with Crippen molar-refractivity contribution in [1.82, 2.24) is 19.9 Å². The molecule has 1 saturated heterocycles. The van der Waals surface area contributed by atoms with Gasteiger partial charge in [-0.15, -0.1) is 10.2 Å². The van der Waals surface area contributed by atoms with Gasteiger partial charge in [0.2, 0.25) is 5.91 Å². The SMILES string of the molecule is CC(NC(=O)c1ccc(N2CCCC2=O)cc1)c1nnc2ccccn12. The van der Waals surface area contributed by atoms with Crippen LogP contribution in [0, 0.1) is 0 Å². The molecule has 26 heavy (non-hydrogen) atoms. The average Bonchev–Trinajstić information content (AvgIpc) is 3.28. The third-order valence-corrected chi connectivity index (χ3v) is 4.59. The minimum absolute atomic E-state index is 0.134. The van der Waals surface area contributed by atoms with E-state index in [1.165, 1.54) is 0 Å². The first-order chi connectivity index (χ1) is 12.6. The van der Waals surface area contributed by atoms with Crippen LogP contribution in [0.4, 0.5) is 5.69 Å². The van der Waals surface area contributed by atoms with Crippen LogP contribution in [0.1, 0.15) is 42.0 Å². The Kier molecular flexibility index (Phi) is 4.12. The highest BCUT2D eigenvalue weighted by atomic mass is 16.2. The van der Waals surface area contributed by atoms with Crippen molar-refractivity contribution in [1.29, 1.82) is 0 Å². The first kappa shape index (κ1) is 16.3. The number of anilines is 1. The predicted octanol–water partition coefficient (Wildman–Crippen LogP) is 2.35. The number of hydrogen-bond acceptors (Lipinski definition) is 4. The molecule has 0 radical (unpaired) electrons. The number of amides is 2. The number of hydrogen-bond donors (Lipinski definition) is 1. The maximum absolute atomic E-state index is 12.5. The molecule has 2 aromatic heterocycles. The van der Waals surface area contributed by atoms with E-state index in [0.29, 0.717) is 17.8 Å². The van der Waals surface area contributed by atoms with Gasteiger partial charge in [0.15, 0.2) is 11.5 Å². The van der Waals surface area contributed by atoms with Gasteiger partial charge in [0, 0.05) is 30.4 Å². The summed E-state index contributed by atoms with van der Waals surface area (Å²) in [5.74, 6) is 0.618. The second kappa shape index (κ2) is 6.59. The molecule has 1 aliphatic heterocycles. The number of fused-ring (bicyclic) bond motifs is 1. The largest absolute Gasteiger partial charge is 0.342 e. The second-order valence-electron chi connectivity index (χ2n) is 6.38. The van der Waals surface area contributed by atoms with Crippen molar-refractivity contribution >= 4 is 23.1 Å². The molecule has 2 amide bonds. The highest BCUT2D eigenvalue weighted by molar-refractivity contribution is 5.97. The number of carbonyl (C=O) groups excluding carboxylic acids is 2. The van der Waals surface area contributed by atoms with Gasteiger partial charge in [0.25, 0.3) is 5.91 Å². The Balaban J connectivity index is 1.48. The molecule has 1 aromatic carbocycles. The van der Waals surface area contributed by atoms with E-state index in [1.807, 2.05) is 47.9 Å². The van der Waals surface area contributed by atoms with Crippen LogP contribution in [-0.2, 0) is 4.79 Å². The lowest BCUT2D eigenvalue weighted by atomic mass is 10.1. The second-order valence-corrected chi connectivity index (χ2v) is 6.38. The Morgan fingerprint density at radius 2 is 1.96 bits per heavy atom. The first-order valence-electron chi connectivity index (χ1n) is 8.64. The first-order valence-corrected chi connectivity index (χ1v) is 8.64. The molecule has 1 aliphatic rings. The van der Waals surface area contributed by atoms with Crippen molar-refractivity contribution in [3.63, 3.8) is 0 Å². The monoisotopic (exact) mass is 349 g/mol. The third-order valence-electron chi connectivity index (χ3n) is 4.59. The summed E-state index contributed by atoms with van der Waals surface area (Å²) in [4.78, 5) is 26.1. The van der Waals surface area contributed by atoms with Crippen molar-refractivity contribution in [2.45, 2.75) is 25.8 Å². The summed E-state index contributed by atoms with van der Waals surface area (Å²) in [6.07, 6.45) is 3.34. The molecule has 1 unspecified atom stereocenters. The lowest BCUT2D eigenvalue weighted by Crippen LogP contribution is -2.28. The number of carbonyl (C=O) groups is 2. The lowest BCUT2D eigenvalue weighted by Gasteiger charge is -2.16. The number of pyridine rings is 1. The minimum atomic E-state index is -0.292. The zero-order chi connectivity index (χ0) is 18.1. The van der Waals surface area contributed by atoms with Crippen LogP contribution in [0.5, 0.6) is 0 Å². The van der Waals surface area contributed by atoms with Gasteiger partial charge in [-0.2, -0.15) is 0 Å². The Morgan fingerprint density at radius 3 is 2.69 bits per heavy atom. The molecule has 0 bridgehead atoms. The number of nitrogens with one attached hydrogen (secondary N) is 1. The minimum Gasteiger partial charge on any atom is -0.342 e. The van der Waals surface area contributed by atoms with Crippen molar-refractivity contribution in [2.75, 3.05) is 11.4 Å². The Morgan fingerprint density at radius 1 is 1.15 bits per heavy atom. The van der Waals surface area contributed by atoms with Crippen LogP contribution < -0.4 is 10.2 Å². The topological polar surface area (TPSA) is 79.6 Å². The van der Waals surface area contributed by atoms with Crippen LogP contribution >= 0.6 is 0 Å². The summed E-state index contributed by atoms with van der Waals surface area (Å²) >= 11 is 0. The number of aromatic nitrogens is 3. The zero-order valence-corrected chi connectivity index (χ0v) is 14.4. The van der Waals surface area contributed by atoms with Gasteiger partial charge in [-0.1, -0.05) is 6.07 Å². The number of rotatable bonds is 4. The van der Waals surface area contributed by atoms with Crippen molar-refractivity contribution in [3.8, 4) is 0 Å². The summed E-state index contributed by atoms with van der Waals surface area (Å²) in [5.41, 5.74) is 2.12. The standard InChI is InChI=1S/C19H19N5O2/c1-13(18-22-21-16-5-2-3-11-24(16)18)20-19(26)14-7-9-15(10-8-14)23-12-4-6-17(23)25/h2-3,5,7-11,13H,4,6,12H2,1H3,(H,20,26).